The summed E-state index contributed by atoms with van der Waals surface area (Å²) >= 11 is 1.53. The van der Waals surface area contributed by atoms with E-state index in [0.717, 1.165) is 64.7 Å². The molecule has 2 aromatic rings. The lowest BCUT2D eigenvalue weighted by Crippen LogP contribution is -2.42. The number of anilines is 1. The van der Waals surface area contributed by atoms with E-state index in [1.807, 2.05) is 18.2 Å². The van der Waals surface area contributed by atoms with E-state index in [2.05, 4.69) is 37.4 Å². The van der Waals surface area contributed by atoms with Gasteiger partial charge in [0.1, 0.15) is 11.6 Å². The number of benzene rings is 1. The second-order valence-corrected chi connectivity index (χ2v) is 11.3. The van der Waals surface area contributed by atoms with Crippen LogP contribution in [0.3, 0.4) is 0 Å². The molecule has 0 saturated heterocycles. The smallest absolute Gasteiger partial charge is 0.271 e. The normalized spacial score (nSPS) is 16.2. The molecular weight excluding hydrogens is 518 g/mol. The molecule has 210 valence electrons. The van der Waals surface area contributed by atoms with E-state index in [9.17, 15) is 14.9 Å². The average Bonchev–Trinajstić information content (AvgIpc) is 3.36. The van der Waals surface area contributed by atoms with Crippen molar-refractivity contribution in [2.45, 2.75) is 92.2 Å². The summed E-state index contributed by atoms with van der Waals surface area (Å²) in [5.41, 5.74) is 2.81. The molecule has 2 heterocycles. The second-order valence-electron chi connectivity index (χ2n) is 10.3. The van der Waals surface area contributed by atoms with Crippen LogP contribution in [0.1, 0.15) is 84.9 Å². The Morgan fingerprint density at radius 1 is 1.07 bits per heavy atom. The van der Waals surface area contributed by atoms with Gasteiger partial charge in [-0.15, -0.1) is 0 Å². The topological polar surface area (TPSA) is 81.7 Å². The van der Waals surface area contributed by atoms with Crippen molar-refractivity contribution in [3.05, 3.63) is 57.3 Å². The summed E-state index contributed by atoms with van der Waals surface area (Å²) in [6, 6.07) is 9.88. The quantitative estimate of drug-likeness (QED) is 0.150. The highest BCUT2D eigenvalue weighted by Crippen LogP contribution is 2.39. The maximum Gasteiger partial charge on any atom is 0.271 e. The lowest BCUT2D eigenvalue weighted by Gasteiger charge is -2.35. The molecule has 1 aromatic carbocycles. The zero-order valence-corrected chi connectivity index (χ0v) is 25.3. The van der Waals surface area contributed by atoms with Gasteiger partial charge in [0.05, 0.1) is 17.1 Å². The van der Waals surface area contributed by atoms with E-state index in [4.69, 9.17) is 11.6 Å². The van der Waals surface area contributed by atoms with Gasteiger partial charge in [0.25, 0.3) is 11.8 Å². The molecule has 8 heteroatoms. The number of carbonyl (C=O) groups excluding carboxylic acids is 2. The van der Waals surface area contributed by atoms with Gasteiger partial charge < -0.3 is 4.90 Å². The Morgan fingerprint density at radius 2 is 1.68 bits per heavy atom. The minimum atomic E-state index is -0.551. The van der Waals surface area contributed by atoms with E-state index >= 15 is 0 Å². The largest absolute Gasteiger partial charge is 0.343 e. The van der Waals surface area contributed by atoms with Gasteiger partial charge in [0.15, 0.2) is 10.8 Å². The monoisotopic (exact) mass is 557 g/mol. The molecule has 0 fully saturated rings. The molecule has 0 aliphatic carbocycles. The Balaban J connectivity index is 2.24. The maximum absolute atomic E-state index is 13.4. The van der Waals surface area contributed by atoms with Gasteiger partial charge in [-0.25, -0.2) is 9.83 Å². The van der Waals surface area contributed by atoms with Crippen LogP contribution in [0.5, 0.6) is 0 Å². The van der Waals surface area contributed by atoms with Crippen LogP contribution in [-0.2, 0) is 9.59 Å². The number of thiazole rings is 1. The molecule has 1 aliphatic rings. The minimum absolute atomic E-state index is 0.0107. The fraction of sp³-hybridized carbons (Fsp3) is 0.469. The van der Waals surface area contributed by atoms with Crippen LogP contribution in [0.4, 0.5) is 10.8 Å². The Hall–Kier alpha value is -3.75. The number of aromatic nitrogens is 1. The summed E-state index contributed by atoms with van der Waals surface area (Å²) in [6.45, 7) is 19.8. The second kappa shape index (κ2) is 14.1. The summed E-state index contributed by atoms with van der Waals surface area (Å²) in [5.74, 6) is -0.956. The van der Waals surface area contributed by atoms with E-state index in [0.29, 0.717) is 16.8 Å². The van der Waals surface area contributed by atoms with E-state index in [-0.39, 0.29) is 24.2 Å². The molecule has 0 radical (unpaired) electrons. The van der Waals surface area contributed by atoms with Gasteiger partial charge in [-0.1, -0.05) is 75.1 Å². The zero-order chi connectivity index (χ0) is 29.4. The number of hydrogen-bond acceptors (Lipinski definition) is 6. The molecular formula is C32H39N5O2S. The van der Waals surface area contributed by atoms with Gasteiger partial charge in [0.2, 0.25) is 0 Å². The Labute approximate surface area is 242 Å². The van der Waals surface area contributed by atoms with Gasteiger partial charge in [-0.3, -0.25) is 14.5 Å². The van der Waals surface area contributed by atoms with Crippen molar-refractivity contribution in [2.24, 2.45) is 0 Å². The van der Waals surface area contributed by atoms with Crippen molar-refractivity contribution in [3.63, 3.8) is 0 Å². The van der Waals surface area contributed by atoms with Crippen LogP contribution < -0.4 is 4.90 Å². The van der Waals surface area contributed by atoms with Crippen LogP contribution in [-0.4, -0.2) is 40.3 Å². The molecule has 1 aromatic heterocycles. The summed E-state index contributed by atoms with van der Waals surface area (Å²) in [7, 11) is 0. The van der Waals surface area contributed by atoms with Crippen molar-refractivity contribution in [3.8, 4) is 17.3 Å². The highest BCUT2D eigenvalue weighted by atomic mass is 32.1. The molecule has 7 nitrogen and oxygen atoms in total. The van der Waals surface area contributed by atoms with E-state index in [1.54, 1.807) is 32.1 Å². The number of hydrogen-bond donors (Lipinski definition) is 0. The van der Waals surface area contributed by atoms with Gasteiger partial charge >= 0.3 is 0 Å². The average molecular weight is 558 g/mol. The molecule has 2 unspecified atom stereocenters. The summed E-state index contributed by atoms with van der Waals surface area (Å²) in [4.78, 5) is 39.1. The fourth-order valence-electron chi connectivity index (χ4n) is 5.07. The molecule has 40 heavy (non-hydrogen) atoms. The predicted octanol–water partition coefficient (Wildman–Crippen LogP) is 7.94. The summed E-state index contributed by atoms with van der Waals surface area (Å²) < 4.78 is 0. The van der Waals surface area contributed by atoms with Crippen molar-refractivity contribution >= 4 is 40.0 Å². The Morgan fingerprint density at radius 3 is 2.17 bits per heavy atom. The van der Waals surface area contributed by atoms with Gasteiger partial charge in [0, 0.05) is 24.2 Å². The zero-order valence-electron chi connectivity index (χ0n) is 24.5. The first-order valence-corrected chi connectivity index (χ1v) is 15.0. The summed E-state index contributed by atoms with van der Waals surface area (Å²) in [5, 5.41) is 10.6. The van der Waals surface area contributed by atoms with E-state index in [1.165, 1.54) is 11.3 Å². The SMILES string of the molecule is [C-]#[N+]c1ccc(-c2nc(N(C(C)CCCC)C(C)CCCC)sc2/C=C2\C(=O)N(CC)C(=O)C(C#N)=C2C)cc1. The number of rotatable bonds is 12. The molecule has 3 rings (SSSR count). The maximum atomic E-state index is 13.4. The number of carbonyl (C=O) groups is 2. The highest BCUT2D eigenvalue weighted by molar-refractivity contribution is 7.17. The number of likely N-dealkylation sites (N-methyl/N-ethyl adjacent to an activating group) is 1. The van der Waals surface area contributed by atoms with Gasteiger partial charge in [-0.2, -0.15) is 5.26 Å². The minimum Gasteiger partial charge on any atom is -0.343 e. The molecule has 2 amide bonds. The molecule has 0 N–H and O–H groups in total. The standard InChI is InChI=1S/C32H39N5O2S/c1-8-11-13-21(4)37(22(5)14-12-9-2)32-35-29(24-15-17-25(34-7)18-16-24)28(40-32)19-26-23(6)27(20-33)31(39)36(10-3)30(26)38/h15-19,21-22H,8-14H2,1-6H3/b26-19-. The molecule has 1 aliphatic heterocycles. The number of nitriles is 1. The molecule has 2 atom stereocenters. The van der Waals surface area contributed by atoms with Crippen LogP contribution in [0.2, 0.25) is 0 Å². The fourth-order valence-corrected chi connectivity index (χ4v) is 6.30. The first-order valence-electron chi connectivity index (χ1n) is 14.2. The number of nitrogens with zero attached hydrogens (tertiary/aromatic N) is 5. The third-order valence-corrected chi connectivity index (χ3v) is 8.47. The molecule has 0 bridgehead atoms. The van der Waals surface area contributed by atoms with Crippen LogP contribution in [0.15, 0.2) is 41.0 Å². The highest BCUT2D eigenvalue weighted by Gasteiger charge is 2.35. The predicted molar refractivity (Wildman–Crippen MR) is 163 cm³/mol. The Kier molecular flexibility index (Phi) is 10.8. The first-order chi connectivity index (χ1) is 19.2. The third-order valence-electron chi connectivity index (χ3n) is 7.45. The van der Waals surface area contributed by atoms with Crippen molar-refractivity contribution < 1.29 is 9.59 Å². The van der Waals surface area contributed by atoms with Crippen molar-refractivity contribution in [1.29, 1.82) is 5.26 Å². The number of amides is 2. The van der Waals surface area contributed by atoms with Crippen molar-refractivity contribution in [2.75, 3.05) is 11.4 Å². The van der Waals surface area contributed by atoms with Crippen LogP contribution in [0.25, 0.3) is 22.2 Å². The number of unbranched alkanes of at least 4 members (excludes halogenated alkanes) is 2. The van der Waals surface area contributed by atoms with E-state index < -0.39 is 11.8 Å². The molecule has 0 saturated carbocycles. The lowest BCUT2D eigenvalue weighted by atomic mass is 9.94. The molecule has 0 spiro atoms. The van der Waals surface area contributed by atoms with Crippen LogP contribution in [0, 0.1) is 17.9 Å². The van der Waals surface area contributed by atoms with Crippen molar-refractivity contribution in [1.82, 2.24) is 9.88 Å². The third kappa shape index (κ3) is 6.51. The lowest BCUT2D eigenvalue weighted by molar-refractivity contribution is -0.140. The number of imide groups is 1. The van der Waals surface area contributed by atoms with Crippen LogP contribution >= 0.6 is 11.3 Å². The van der Waals surface area contributed by atoms with Gasteiger partial charge in [-0.05, 0) is 57.7 Å². The first kappa shape index (κ1) is 30.8. The Bertz CT molecular complexity index is 1360. The summed E-state index contributed by atoms with van der Waals surface area (Å²) in [6.07, 6.45) is 8.39.